The summed E-state index contributed by atoms with van der Waals surface area (Å²) in [6.07, 6.45) is -0.957. The predicted octanol–water partition coefficient (Wildman–Crippen LogP) is 3.90. The third kappa shape index (κ3) is 4.16. The first-order chi connectivity index (χ1) is 12.4. The van der Waals surface area contributed by atoms with Crippen LogP contribution in [0.1, 0.15) is 27.6 Å². The second-order valence-electron chi connectivity index (χ2n) is 5.30. The Hall–Kier alpha value is -2.54. The van der Waals surface area contributed by atoms with E-state index in [0.717, 1.165) is 4.47 Å². The van der Waals surface area contributed by atoms with Crippen LogP contribution in [0.25, 0.3) is 0 Å². The fourth-order valence-electron chi connectivity index (χ4n) is 2.39. The van der Waals surface area contributed by atoms with Crippen molar-refractivity contribution in [2.75, 3.05) is 21.3 Å². The Morgan fingerprint density at radius 2 is 1.50 bits per heavy atom. The van der Waals surface area contributed by atoms with Gasteiger partial charge in [0.05, 0.1) is 21.3 Å². The van der Waals surface area contributed by atoms with Gasteiger partial charge < -0.3 is 18.9 Å². The number of halogens is 1. The van der Waals surface area contributed by atoms with Crippen molar-refractivity contribution in [2.24, 2.45) is 0 Å². The Kier molecular flexibility index (Phi) is 6.63. The van der Waals surface area contributed by atoms with Gasteiger partial charge in [-0.15, -0.1) is 0 Å². The first kappa shape index (κ1) is 19.8. The van der Waals surface area contributed by atoms with E-state index < -0.39 is 12.1 Å². The zero-order chi connectivity index (χ0) is 19.3. The lowest BCUT2D eigenvalue weighted by atomic mass is 10.1. The van der Waals surface area contributed by atoms with Crippen LogP contribution in [-0.2, 0) is 4.74 Å². The van der Waals surface area contributed by atoms with Gasteiger partial charge in [-0.25, -0.2) is 4.79 Å². The van der Waals surface area contributed by atoms with E-state index in [1.54, 1.807) is 30.3 Å². The number of hydrogen-bond donors (Lipinski definition) is 0. The number of benzene rings is 2. The van der Waals surface area contributed by atoms with Crippen LogP contribution < -0.4 is 14.2 Å². The lowest BCUT2D eigenvalue weighted by Crippen LogP contribution is -2.24. The standard InChI is InChI=1S/C19H19BrO6/c1-11(16(21)12-5-7-13(20)8-6-12)26-19(22)14-9-10-15(23-2)18(25-4)17(14)24-3/h5-11H,1-4H3. The highest BCUT2D eigenvalue weighted by molar-refractivity contribution is 9.10. The summed E-state index contributed by atoms with van der Waals surface area (Å²) in [5.74, 6) is -0.123. The molecular formula is C19H19BrO6. The Bertz CT molecular complexity index is 800. The van der Waals surface area contributed by atoms with Gasteiger partial charge in [-0.05, 0) is 31.2 Å². The van der Waals surface area contributed by atoms with Crippen LogP contribution in [0.4, 0.5) is 0 Å². The zero-order valence-corrected chi connectivity index (χ0v) is 16.5. The van der Waals surface area contributed by atoms with Crippen molar-refractivity contribution in [1.82, 2.24) is 0 Å². The van der Waals surface area contributed by atoms with Crippen LogP contribution in [0.15, 0.2) is 40.9 Å². The number of carbonyl (C=O) groups excluding carboxylic acids is 2. The van der Waals surface area contributed by atoms with Gasteiger partial charge in [0.2, 0.25) is 11.5 Å². The molecule has 0 N–H and O–H groups in total. The molecule has 2 rings (SSSR count). The van der Waals surface area contributed by atoms with Crippen molar-refractivity contribution in [1.29, 1.82) is 0 Å². The molecule has 0 spiro atoms. The van der Waals surface area contributed by atoms with Gasteiger partial charge in [0, 0.05) is 10.0 Å². The average molecular weight is 423 g/mol. The smallest absolute Gasteiger partial charge is 0.342 e. The van der Waals surface area contributed by atoms with Gasteiger partial charge in [-0.3, -0.25) is 4.79 Å². The van der Waals surface area contributed by atoms with E-state index in [4.69, 9.17) is 18.9 Å². The Balaban J connectivity index is 2.23. The van der Waals surface area contributed by atoms with Gasteiger partial charge in [0.15, 0.2) is 17.6 Å². The minimum absolute atomic E-state index is 0.139. The number of ether oxygens (including phenoxy) is 4. The van der Waals surface area contributed by atoms with E-state index in [-0.39, 0.29) is 22.8 Å². The van der Waals surface area contributed by atoms with Crippen LogP contribution in [0.3, 0.4) is 0 Å². The molecule has 1 unspecified atom stereocenters. The number of rotatable bonds is 7. The van der Waals surface area contributed by atoms with Crippen LogP contribution in [0.5, 0.6) is 17.2 Å². The molecule has 138 valence electrons. The molecule has 1 atom stereocenters. The minimum Gasteiger partial charge on any atom is -0.493 e. The maximum atomic E-state index is 12.5. The molecule has 7 heteroatoms. The van der Waals surface area contributed by atoms with E-state index in [1.165, 1.54) is 34.3 Å². The van der Waals surface area contributed by atoms with Gasteiger partial charge >= 0.3 is 5.97 Å². The molecule has 0 heterocycles. The number of Topliss-reactive ketones (excluding diaryl/α,β-unsaturated/α-hetero) is 1. The maximum Gasteiger partial charge on any atom is 0.342 e. The maximum absolute atomic E-state index is 12.5. The van der Waals surface area contributed by atoms with Crippen molar-refractivity contribution in [3.63, 3.8) is 0 Å². The second-order valence-corrected chi connectivity index (χ2v) is 6.22. The average Bonchev–Trinajstić information content (AvgIpc) is 2.66. The van der Waals surface area contributed by atoms with Gasteiger partial charge in [0.1, 0.15) is 5.56 Å². The molecule has 0 bridgehead atoms. The fourth-order valence-corrected chi connectivity index (χ4v) is 2.65. The summed E-state index contributed by atoms with van der Waals surface area (Å²) in [5.41, 5.74) is 0.591. The molecule has 0 saturated heterocycles. The highest BCUT2D eigenvalue weighted by Gasteiger charge is 2.25. The van der Waals surface area contributed by atoms with E-state index in [9.17, 15) is 9.59 Å². The normalized spacial score (nSPS) is 11.4. The van der Waals surface area contributed by atoms with Crippen molar-refractivity contribution in [3.05, 3.63) is 52.0 Å². The largest absolute Gasteiger partial charge is 0.493 e. The molecular weight excluding hydrogens is 404 g/mol. The molecule has 2 aromatic carbocycles. The summed E-state index contributed by atoms with van der Waals surface area (Å²) in [6, 6.07) is 9.89. The monoisotopic (exact) mass is 422 g/mol. The van der Waals surface area contributed by atoms with E-state index in [2.05, 4.69) is 15.9 Å². The number of esters is 1. The zero-order valence-electron chi connectivity index (χ0n) is 14.9. The Morgan fingerprint density at radius 3 is 2.04 bits per heavy atom. The summed E-state index contributed by atoms with van der Waals surface area (Å²) in [6.45, 7) is 1.52. The lowest BCUT2D eigenvalue weighted by molar-refractivity contribution is 0.0315. The van der Waals surface area contributed by atoms with Crippen molar-refractivity contribution < 1.29 is 28.5 Å². The first-order valence-corrected chi connectivity index (χ1v) is 8.52. The second kappa shape index (κ2) is 8.71. The van der Waals surface area contributed by atoms with E-state index >= 15 is 0 Å². The summed E-state index contributed by atoms with van der Waals surface area (Å²) < 4.78 is 21.9. The van der Waals surface area contributed by atoms with Crippen LogP contribution in [0, 0.1) is 0 Å². The van der Waals surface area contributed by atoms with Crippen LogP contribution in [0.2, 0.25) is 0 Å². The summed E-state index contributed by atoms with van der Waals surface area (Å²) in [4.78, 5) is 25.0. The van der Waals surface area contributed by atoms with Crippen molar-refractivity contribution >= 4 is 27.7 Å². The number of ketones is 1. The molecule has 0 aliphatic rings. The van der Waals surface area contributed by atoms with Crippen molar-refractivity contribution in [3.8, 4) is 17.2 Å². The van der Waals surface area contributed by atoms with Gasteiger partial charge in [-0.1, -0.05) is 28.1 Å². The van der Waals surface area contributed by atoms with Crippen molar-refractivity contribution in [2.45, 2.75) is 13.0 Å². The summed E-state index contributed by atoms with van der Waals surface area (Å²) in [7, 11) is 4.33. The van der Waals surface area contributed by atoms with Gasteiger partial charge in [-0.2, -0.15) is 0 Å². The molecule has 0 aromatic heterocycles. The highest BCUT2D eigenvalue weighted by atomic mass is 79.9. The molecule has 0 aliphatic heterocycles. The minimum atomic E-state index is -0.957. The fraction of sp³-hybridized carbons (Fsp3) is 0.263. The molecule has 26 heavy (non-hydrogen) atoms. The molecule has 0 fully saturated rings. The molecule has 2 aromatic rings. The number of carbonyl (C=O) groups is 2. The van der Waals surface area contributed by atoms with E-state index in [1.807, 2.05) is 0 Å². The van der Waals surface area contributed by atoms with Crippen LogP contribution >= 0.6 is 15.9 Å². The van der Waals surface area contributed by atoms with Crippen LogP contribution in [-0.4, -0.2) is 39.2 Å². The topological polar surface area (TPSA) is 71.1 Å². The molecule has 6 nitrogen and oxygen atoms in total. The Labute approximate surface area is 160 Å². The number of hydrogen-bond acceptors (Lipinski definition) is 6. The van der Waals surface area contributed by atoms with E-state index in [0.29, 0.717) is 11.3 Å². The first-order valence-electron chi connectivity index (χ1n) is 7.72. The predicted molar refractivity (Wildman–Crippen MR) is 99.4 cm³/mol. The molecule has 0 radical (unpaired) electrons. The third-order valence-electron chi connectivity index (χ3n) is 3.71. The summed E-state index contributed by atoms with van der Waals surface area (Å²) in [5, 5.41) is 0. The Morgan fingerprint density at radius 1 is 0.885 bits per heavy atom. The third-order valence-corrected chi connectivity index (χ3v) is 4.23. The van der Waals surface area contributed by atoms with Gasteiger partial charge in [0.25, 0.3) is 0 Å². The highest BCUT2D eigenvalue weighted by Crippen LogP contribution is 2.40. The molecule has 0 amide bonds. The summed E-state index contributed by atoms with van der Waals surface area (Å²) >= 11 is 3.31. The quantitative estimate of drug-likeness (QED) is 0.497. The molecule has 0 aliphatic carbocycles. The lowest BCUT2D eigenvalue weighted by Gasteiger charge is -2.17. The SMILES string of the molecule is COc1ccc(C(=O)OC(C)C(=O)c2ccc(Br)cc2)c(OC)c1OC. The molecule has 0 saturated carbocycles. The number of methoxy groups -OCH3 is 3.